The Labute approximate surface area is 206 Å². The number of azo groups is 1. The summed E-state index contributed by atoms with van der Waals surface area (Å²) in [7, 11) is 5.42. The Hall–Kier alpha value is -3.11. The topological polar surface area (TPSA) is 135 Å². The summed E-state index contributed by atoms with van der Waals surface area (Å²) in [4.78, 5) is 16.6. The molecule has 0 unspecified atom stereocenters. The maximum absolute atomic E-state index is 12.7. The molecule has 0 saturated carbocycles. The number of hydrogen-bond donors (Lipinski definition) is 1. The fourth-order valence-corrected chi connectivity index (χ4v) is 4.40. The fourth-order valence-electron chi connectivity index (χ4n) is 3.24. The molecule has 35 heavy (non-hydrogen) atoms. The van der Waals surface area contributed by atoms with E-state index < -0.39 is 15.6 Å². The van der Waals surface area contributed by atoms with Crippen molar-refractivity contribution in [3.8, 4) is 11.9 Å². The van der Waals surface area contributed by atoms with Crippen molar-refractivity contribution in [2.24, 2.45) is 10.2 Å². The van der Waals surface area contributed by atoms with E-state index in [0.29, 0.717) is 31.7 Å². The minimum Gasteiger partial charge on any atom is -0.493 e. The Morgan fingerprint density at radius 2 is 1.60 bits per heavy atom. The molecule has 0 aliphatic rings. The zero-order valence-electron chi connectivity index (χ0n) is 21.1. The molecule has 0 atom stereocenters. The number of hydrogen-bond acceptors (Lipinski definition) is 9. The van der Waals surface area contributed by atoms with E-state index in [1.165, 1.54) is 42.5 Å². The van der Waals surface area contributed by atoms with Gasteiger partial charge in [-0.3, -0.25) is 9.36 Å². The van der Waals surface area contributed by atoms with E-state index in [9.17, 15) is 23.6 Å². The lowest BCUT2D eigenvalue weighted by molar-refractivity contribution is 0.358. The van der Waals surface area contributed by atoms with E-state index >= 15 is 0 Å². The zero-order chi connectivity index (χ0) is 26.3. The number of aromatic hydroxyl groups is 1. The summed E-state index contributed by atoms with van der Waals surface area (Å²) in [5, 5.41) is 28.4. The number of likely N-dealkylation sites (N-methyl/N-ethyl adjacent to an activating group) is 2. The SMILES string of the molecule is Cc1c(/N=N/c2ccc(S(=O)(=O)N(C)CCN(C)C)cc2)c(O)n(CCCN(C)C)c(=O)c1C#N. The molecule has 0 aliphatic heterocycles. The van der Waals surface area contributed by atoms with Gasteiger partial charge in [0.2, 0.25) is 15.9 Å². The highest BCUT2D eigenvalue weighted by Gasteiger charge is 2.21. The molecule has 0 saturated heterocycles. The normalized spacial score (nSPS) is 12.2. The lowest BCUT2D eigenvalue weighted by atomic mass is 10.1. The molecule has 1 heterocycles. The minimum atomic E-state index is -3.65. The summed E-state index contributed by atoms with van der Waals surface area (Å²) in [6.45, 7) is 3.37. The quantitative estimate of drug-likeness (QED) is 0.465. The van der Waals surface area contributed by atoms with Crippen LogP contribution in [-0.4, -0.2) is 87.1 Å². The Balaban J connectivity index is 2.34. The Kier molecular flexibility index (Phi) is 9.67. The number of sulfonamides is 1. The predicted octanol–water partition coefficient (Wildman–Crippen LogP) is 2.28. The molecule has 11 nitrogen and oxygen atoms in total. The van der Waals surface area contributed by atoms with E-state index in [4.69, 9.17) is 0 Å². The van der Waals surface area contributed by atoms with Gasteiger partial charge in [0.15, 0.2) is 5.69 Å². The molecular weight excluding hydrogens is 470 g/mol. The smallest absolute Gasteiger partial charge is 0.271 e. The number of nitriles is 1. The second-order valence-electron chi connectivity index (χ2n) is 8.72. The van der Waals surface area contributed by atoms with Gasteiger partial charge in [0, 0.05) is 32.2 Å². The van der Waals surface area contributed by atoms with Crippen LogP contribution >= 0.6 is 0 Å². The number of nitrogens with zero attached hydrogens (tertiary/aromatic N) is 7. The molecule has 1 aromatic heterocycles. The van der Waals surface area contributed by atoms with E-state index in [0.717, 1.165) is 4.57 Å². The predicted molar refractivity (Wildman–Crippen MR) is 134 cm³/mol. The highest BCUT2D eigenvalue weighted by Crippen LogP contribution is 2.32. The van der Waals surface area contributed by atoms with Crippen molar-refractivity contribution < 1.29 is 13.5 Å². The van der Waals surface area contributed by atoms with E-state index in [1.54, 1.807) is 0 Å². The third kappa shape index (κ3) is 6.95. The van der Waals surface area contributed by atoms with Crippen LogP contribution in [0.4, 0.5) is 11.4 Å². The third-order valence-corrected chi connectivity index (χ3v) is 7.30. The monoisotopic (exact) mass is 503 g/mol. The number of aromatic nitrogens is 1. The van der Waals surface area contributed by atoms with E-state index in [2.05, 4.69) is 10.2 Å². The molecule has 1 aromatic carbocycles. The van der Waals surface area contributed by atoms with Crippen LogP contribution in [0.2, 0.25) is 0 Å². The second-order valence-corrected chi connectivity index (χ2v) is 10.8. The summed E-state index contributed by atoms with van der Waals surface area (Å²) in [5.74, 6) is -0.365. The molecule has 0 aliphatic carbocycles. The van der Waals surface area contributed by atoms with Crippen molar-refractivity contribution in [1.29, 1.82) is 5.26 Å². The first kappa shape index (κ1) is 28.1. The van der Waals surface area contributed by atoms with Gasteiger partial charge in [0.25, 0.3) is 5.56 Å². The van der Waals surface area contributed by atoms with Crippen molar-refractivity contribution >= 4 is 21.4 Å². The highest BCUT2D eigenvalue weighted by molar-refractivity contribution is 7.89. The van der Waals surface area contributed by atoms with Crippen LogP contribution in [0.5, 0.6) is 5.88 Å². The van der Waals surface area contributed by atoms with Gasteiger partial charge < -0.3 is 14.9 Å². The average molecular weight is 504 g/mol. The summed E-state index contributed by atoms with van der Waals surface area (Å²) >= 11 is 0. The molecule has 0 radical (unpaired) electrons. The first-order chi connectivity index (χ1) is 16.4. The molecule has 1 N–H and O–H groups in total. The standard InChI is InChI=1S/C23H33N7O4S/c1-17-20(16-24)22(31)30(13-7-12-27(2)3)23(32)21(17)26-25-18-8-10-19(11-9-18)35(33,34)29(6)15-14-28(4)5/h8-11,32H,7,12-15H2,1-6H3/b26-25+. The largest absolute Gasteiger partial charge is 0.493 e. The van der Waals surface area contributed by atoms with Crippen molar-refractivity contribution in [3.05, 3.63) is 45.7 Å². The molecule has 2 rings (SSSR count). The average Bonchev–Trinajstić information content (AvgIpc) is 2.79. The van der Waals surface area contributed by atoms with Crippen LogP contribution in [-0.2, 0) is 16.6 Å². The van der Waals surface area contributed by atoms with Crippen molar-refractivity contribution in [3.63, 3.8) is 0 Å². The molecule has 2 aromatic rings. The van der Waals surface area contributed by atoms with Gasteiger partial charge in [-0.15, -0.1) is 5.11 Å². The van der Waals surface area contributed by atoms with Crippen LogP contribution < -0.4 is 5.56 Å². The number of pyridine rings is 1. The molecule has 190 valence electrons. The maximum atomic E-state index is 12.7. The van der Waals surface area contributed by atoms with Gasteiger partial charge >= 0.3 is 0 Å². The molecule has 0 spiro atoms. The summed E-state index contributed by atoms with van der Waals surface area (Å²) in [6, 6.07) is 7.76. The van der Waals surface area contributed by atoms with Gasteiger partial charge in [0.1, 0.15) is 11.6 Å². The Morgan fingerprint density at radius 3 is 2.14 bits per heavy atom. The van der Waals surface area contributed by atoms with Gasteiger partial charge in [-0.05, 0) is 72.3 Å². The Bertz CT molecular complexity index is 1260. The minimum absolute atomic E-state index is 0.0196. The van der Waals surface area contributed by atoms with Crippen molar-refractivity contribution in [2.75, 3.05) is 54.9 Å². The Morgan fingerprint density at radius 1 is 1.00 bits per heavy atom. The van der Waals surface area contributed by atoms with Gasteiger partial charge in [-0.2, -0.15) is 14.7 Å². The van der Waals surface area contributed by atoms with Gasteiger partial charge in [-0.1, -0.05) is 0 Å². The van der Waals surface area contributed by atoms with Crippen LogP contribution in [0.15, 0.2) is 44.2 Å². The van der Waals surface area contributed by atoms with Crippen molar-refractivity contribution in [1.82, 2.24) is 18.7 Å². The molecular formula is C23H33N7O4S. The number of rotatable bonds is 11. The summed E-state index contributed by atoms with van der Waals surface area (Å²) in [5.41, 5.74) is -0.0880. The lowest BCUT2D eigenvalue weighted by Crippen LogP contribution is -2.33. The third-order valence-electron chi connectivity index (χ3n) is 5.43. The van der Waals surface area contributed by atoms with E-state index in [1.807, 2.05) is 44.1 Å². The highest BCUT2D eigenvalue weighted by atomic mass is 32.2. The van der Waals surface area contributed by atoms with Crippen molar-refractivity contribution in [2.45, 2.75) is 24.8 Å². The summed E-state index contributed by atoms with van der Waals surface area (Å²) < 4.78 is 27.9. The first-order valence-corrected chi connectivity index (χ1v) is 12.5. The van der Waals surface area contributed by atoms with Crippen LogP contribution in [0, 0.1) is 18.3 Å². The van der Waals surface area contributed by atoms with E-state index in [-0.39, 0.29) is 34.1 Å². The first-order valence-electron chi connectivity index (χ1n) is 11.0. The maximum Gasteiger partial charge on any atom is 0.271 e. The van der Waals surface area contributed by atoms with Crippen LogP contribution in [0.1, 0.15) is 17.5 Å². The van der Waals surface area contributed by atoms with Crippen LogP contribution in [0.3, 0.4) is 0 Å². The lowest BCUT2D eigenvalue weighted by Gasteiger charge is -2.19. The van der Waals surface area contributed by atoms with Gasteiger partial charge in [-0.25, -0.2) is 8.42 Å². The molecule has 12 heteroatoms. The summed E-state index contributed by atoms with van der Waals surface area (Å²) in [6.07, 6.45) is 0.587. The second kappa shape index (κ2) is 12.0. The molecule has 0 fully saturated rings. The fraction of sp³-hybridized carbons (Fsp3) is 0.478. The molecule has 0 amide bonds. The zero-order valence-corrected chi connectivity index (χ0v) is 21.9. The van der Waals surface area contributed by atoms with Gasteiger partial charge in [0.05, 0.1) is 10.6 Å². The number of benzene rings is 1. The van der Waals surface area contributed by atoms with Crippen LogP contribution in [0.25, 0.3) is 0 Å². The molecule has 0 bridgehead atoms.